The van der Waals surface area contributed by atoms with Gasteiger partial charge in [-0.15, -0.1) is 6.42 Å². The Kier molecular flexibility index (Phi) is 8.75. The number of halogens is 2. The standard InChI is InChI=1S/C37H37Cl2N5O4/c1-3-23-7-10-32(48-27-11-13-43(14-12-27)36(47)44-17-15-42(2)16-18-44)28(19-23)34-37(29-9-8-26(39)21-31(29)40-35(37)46)30(22-33(45)41-34)24-5-4-6-25(38)20-24/h1,4-10,19-21,27,30,34H,11-18,22H2,2H3,(H,40,46)(H,41,45)/t30-,34+,37-/m0/s1. The van der Waals surface area contributed by atoms with Crippen molar-refractivity contribution in [3.05, 3.63) is 93.0 Å². The fraction of sp³-hybridized carbons (Fsp3) is 0.378. The van der Waals surface area contributed by atoms with Gasteiger partial charge in [-0.3, -0.25) is 9.59 Å². The number of nitrogens with one attached hydrogen (secondary N) is 2. The molecule has 7 rings (SSSR count). The normalized spacial score (nSPS) is 24.5. The summed E-state index contributed by atoms with van der Waals surface area (Å²) in [5.41, 5.74) is 2.01. The number of benzene rings is 3. The first kappa shape index (κ1) is 32.3. The van der Waals surface area contributed by atoms with E-state index in [2.05, 4.69) is 28.5 Å². The molecule has 4 aliphatic heterocycles. The highest BCUT2D eigenvalue weighted by molar-refractivity contribution is 6.31. The molecule has 3 fully saturated rings. The van der Waals surface area contributed by atoms with Crippen LogP contribution in [0.25, 0.3) is 0 Å². The third-order valence-corrected chi connectivity index (χ3v) is 10.7. The van der Waals surface area contributed by atoms with Gasteiger partial charge in [-0.2, -0.15) is 0 Å². The average Bonchev–Trinajstić information content (AvgIpc) is 3.36. The highest BCUT2D eigenvalue weighted by Gasteiger charge is 2.61. The number of amides is 4. The lowest BCUT2D eigenvalue weighted by atomic mass is 9.59. The van der Waals surface area contributed by atoms with E-state index in [4.69, 9.17) is 34.4 Å². The lowest BCUT2D eigenvalue weighted by Gasteiger charge is -2.47. The van der Waals surface area contributed by atoms with Crippen molar-refractivity contribution in [2.75, 3.05) is 51.6 Å². The van der Waals surface area contributed by atoms with Crippen molar-refractivity contribution in [3.63, 3.8) is 0 Å². The largest absolute Gasteiger partial charge is 0.490 e. The fourth-order valence-electron chi connectivity index (χ4n) is 7.78. The molecule has 0 aliphatic carbocycles. The third-order valence-electron chi connectivity index (χ3n) is 10.3. The van der Waals surface area contributed by atoms with Gasteiger partial charge in [0.15, 0.2) is 0 Å². The molecule has 0 radical (unpaired) electrons. The van der Waals surface area contributed by atoms with Crippen LogP contribution in [-0.4, -0.2) is 85.0 Å². The van der Waals surface area contributed by atoms with E-state index in [0.717, 1.165) is 37.3 Å². The number of anilines is 1. The van der Waals surface area contributed by atoms with Crippen molar-refractivity contribution in [2.45, 2.75) is 42.7 Å². The Balaban J connectivity index is 1.25. The third kappa shape index (κ3) is 5.76. The highest BCUT2D eigenvalue weighted by Crippen LogP contribution is 2.58. The molecule has 248 valence electrons. The zero-order chi connectivity index (χ0) is 33.6. The number of likely N-dealkylation sites (N-methyl/N-ethyl adjacent to an activating group) is 1. The second-order valence-electron chi connectivity index (χ2n) is 13.1. The molecule has 4 amide bonds. The van der Waals surface area contributed by atoms with Gasteiger partial charge in [0.2, 0.25) is 11.8 Å². The van der Waals surface area contributed by atoms with Crippen LogP contribution in [0.4, 0.5) is 10.5 Å². The summed E-state index contributed by atoms with van der Waals surface area (Å²) in [6.45, 7) is 4.34. The molecule has 3 aromatic rings. The van der Waals surface area contributed by atoms with Crippen LogP contribution >= 0.6 is 23.2 Å². The predicted molar refractivity (Wildman–Crippen MR) is 186 cm³/mol. The maximum Gasteiger partial charge on any atom is 0.320 e. The topological polar surface area (TPSA) is 94.2 Å². The molecule has 0 saturated carbocycles. The Morgan fingerprint density at radius 2 is 1.67 bits per heavy atom. The summed E-state index contributed by atoms with van der Waals surface area (Å²) < 4.78 is 6.72. The zero-order valence-corrected chi connectivity index (χ0v) is 28.2. The van der Waals surface area contributed by atoms with Crippen LogP contribution < -0.4 is 15.4 Å². The van der Waals surface area contributed by atoms with Crippen LogP contribution in [0.2, 0.25) is 10.0 Å². The molecule has 0 aromatic heterocycles. The van der Waals surface area contributed by atoms with Gasteiger partial charge in [-0.1, -0.05) is 47.3 Å². The number of likely N-dealkylation sites (tertiary alicyclic amines) is 1. The summed E-state index contributed by atoms with van der Waals surface area (Å²) in [5.74, 6) is 2.21. The molecule has 2 N–H and O–H groups in total. The number of fused-ring (bicyclic) bond motifs is 2. The monoisotopic (exact) mass is 685 g/mol. The second kappa shape index (κ2) is 13.0. The van der Waals surface area contributed by atoms with Crippen molar-refractivity contribution >= 4 is 46.7 Å². The quantitative estimate of drug-likeness (QED) is 0.358. The number of carbonyl (C=O) groups excluding carboxylic acids is 3. The van der Waals surface area contributed by atoms with Crippen molar-refractivity contribution in [1.29, 1.82) is 0 Å². The van der Waals surface area contributed by atoms with Gasteiger partial charge >= 0.3 is 6.03 Å². The lowest BCUT2D eigenvalue weighted by molar-refractivity contribution is -0.131. The second-order valence-corrected chi connectivity index (χ2v) is 14.0. The van der Waals surface area contributed by atoms with Gasteiger partial charge in [0, 0.05) is 91.3 Å². The van der Waals surface area contributed by atoms with E-state index in [0.29, 0.717) is 58.5 Å². The van der Waals surface area contributed by atoms with E-state index >= 15 is 0 Å². The molecule has 48 heavy (non-hydrogen) atoms. The number of nitrogens with zero attached hydrogens (tertiary/aromatic N) is 3. The van der Waals surface area contributed by atoms with Crippen LogP contribution in [0.1, 0.15) is 53.5 Å². The summed E-state index contributed by atoms with van der Waals surface area (Å²) in [4.78, 5) is 47.4. The molecule has 3 atom stereocenters. The number of ether oxygens (including phenoxy) is 1. The lowest BCUT2D eigenvalue weighted by Crippen LogP contribution is -2.57. The number of carbonyl (C=O) groups is 3. The number of piperazine rings is 1. The Bertz CT molecular complexity index is 1810. The van der Waals surface area contributed by atoms with E-state index in [-0.39, 0.29) is 30.4 Å². The molecule has 3 saturated heterocycles. The van der Waals surface area contributed by atoms with Crippen LogP contribution in [-0.2, 0) is 15.0 Å². The van der Waals surface area contributed by atoms with E-state index in [1.54, 1.807) is 24.3 Å². The van der Waals surface area contributed by atoms with Crippen LogP contribution in [0.15, 0.2) is 60.7 Å². The first-order valence-corrected chi connectivity index (χ1v) is 17.1. The number of rotatable bonds is 4. The van der Waals surface area contributed by atoms with Gasteiger partial charge < -0.3 is 30.1 Å². The van der Waals surface area contributed by atoms with Gasteiger partial charge in [0.1, 0.15) is 17.3 Å². The minimum atomic E-state index is -1.28. The maximum atomic E-state index is 14.5. The molecule has 3 aromatic carbocycles. The number of hydrogen-bond acceptors (Lipinski definition) is 5. The molecule has 1 spiro atoms. The summed E-state index contributed by atoms with van der Waals surface area (Å²) in [7, 11) is 2.07. The van der Waals surface area contributed by atoms with Crippen molar-refractivity contribution in [3.8, 4) is 18.1 Å². The first-order chi connectivity index (χ1) is 23.2. The van der Waals surface area contributed by atoms with E-state index in [1.165, 1.54) is 0 Å². The van der Waals surface area contributed by atoms with Crippen LogP contribution in [0, 0.1) is 12.3 Å². The Labute approximate surface area is 290 Å². The summed E-state index contributed by atoms with van der Waals surface area (Å²) in [5, 5.41) is 7.24. The predicted octanol–water partition coefficient (Wildman–Crippen LogP) is 5.42. The maximum absolute atomic E-state index is 14.5. The minimum absolute atomic E-state index is 0.0666. The van der Waals surface area contributed by atoms with E-state index < -0.39 is 17.4 Å². The molecule has 11 heteroatoms. The van der Waals surface area contributed by atoms with Gasteiger partial charge in [-0.25, -0.2) is 4.79 Å². The number of piperidine rings is 2. The molecular weight excluding hydrogens is 649 g/mol. The smallest absolute Gasteiger partial charge is 0.320 e. The fourth-order valence-corrected chi connectivity index (χ4v) is 8.15. The van der Waals surface area contributed by atoms with Crippen molar-refractivity contribution in [2.24, 2.45) is 0 Å². The summed E-state index contributed by atoms with van der Waals surface area (Å²) in [6.07, 6.45) is 7.07. The Morgan fingerprint density at radius 3 is 2.40 bits per heavy atom. The van der Waals surface area contributed by atoms with Gasteiger partial charge in [0.25, 0.3) is 0 Å². The molecule has 0 unspecified atom stereocenters. The van der Waals surface area contributed by atoms with E-state index in [9.17, 15) is 14.4 Å². The van der Waals surface area contributed by atoms with E-state index in [1.807, 2.05) is 46.2 Å². The van der Waals surface area contributed by atoms with Crippen LogP contribution in [0.3, 0.4) is 0 Å². The van der Waals surface area contributed by atoms with Crippen molar-refractivity contribution in [1.82, 2.24) is 20.0 Å². The summed E-state index contributed by atoms with van der Waals surface area (Å²) >= 11 is 12.9. The van der Waals surface area contributed by atoms with Gasteiger partial charge in [0.05, 0.1) is 6.04 Å². The SMILES string of the molecule is C#Cc1ccc(OC2CCN(C(=O)N3CCN(C)CC3)CC2)c([C@H]2NC(=O)C[C@@H](c3cccc(Cl)c3)[C@]23C(=O)Nc2cc(Cl)ccc23)c1. The Morgan fingerprint density at radius 1 is 0.938 bits per heavy atom. The molecular formula is C37H37Cl2N5O4. The number of urea groups is 1. The zero-order valence-electron chi connectivity index (χ0n) is 26.7. The van der Waals surface area contributed by atoms with Gasteiger partial charge in [-0.05, 0) is 60.6 Å². The van der Waals surface area contributed by atoms with Crippen LogP contribution in [0.5, 0.6) is 5.75 Å². The molecule has 0 bridgehead atoms. The minimum Gasteiger partial charge on any atom is -0.490 e. The molecule has 9 nitrogen and oxygen atoms in total. The Hall–Kier alpha value is -4.23. The number of hydrogen-bond donors (Lipinski definition) is 2. The van der Waals surface area contributed by atoms with Crippen molar-refractivity contribution < 1.29 is 19.1 Å². The first-order valence-electron chi connectivity index (χ1n) is 16.3. The molecule has 4 heterocycles. The average molecular weight is 687 g/mol. The highest BCUT2D eigenvalue weighted by atomic mass is 35.5. The summed E-state index contributed by atoms with van der Waals surface area (Å²) in [6, 6.07) is 17.4. The number of terminal acetylenes is 1. The molecule has 4 aliphatic rings.